The zero-order valence-corrected chi connectivity index (χ0v) is 15.8. The molecule has 0 spiro atoms. The summed E-state index contributed by atoms with van der Waals surface area (Å²) in [6.07, 6.45) is 4.32. The highest BCUT2D eigenvalue weighted by Crippen LogP contribution is 2.06. The van der Waals surface area contributed by atoms with Crippen LogP contribution < -0.4 is 5.32 Å². The monoisotopic (exact) mass is 382 g/mol. The van der Waals surface area contributed by atoms with Gasteiger partial charge in [-0.05, 0) is 31.4 Å². The van der Waals surface area contributed by atoms with Crippen molar-refractivity contribution in [3.8, 4) is 0 Å². The lowest BCUT2D eigenvalue weighted by Gasteiger charge is -2.17. The van der Waals surface area contributed by atoms with E-state index in [9.17, 15) is 18.8 Å². The lowest BCUT2D eigenvalue weighted by molar-refractivity contribution is -0.147. The molecular weight excluding hydrogens is 355 g/mol. The minimum Gasteiger partial charge on any atom is -0.466 e. The van der Waals surface area contributed by atoms with Crippen LogP contribution in [0.5, 0.6) is 0 Å². The number of carbonyl (C=O) groups is 3. The van der Waals surface area contributed by atoms with Crippen molar-refractivity contribution in [3.05, 3.63) is 29.8 Å². The van der Waals surface area contributed by atoms with Gasteiger partial charge in [0.1, 0.15) is 6.04 Å². The maximum absolute atomic E-state index is 12.9. The first-order valence-corrected chi connectivity index (χ1v) is 9.22. The smallest absolute Gasteiger partial charge is 0.328 e. The number of hydrogen-bond donors (Lipinski definition) is 1. The summed E-state index contributed by atoms with van der Waals surface area (Å²) in [4.78, 5) is 39.7. The van der Waals surface area contributed by atoms with Gasteiger partial charge in [0.05, 0.1) is 18.8 Å². The van der Waals surface area contributed by atoms with Gasteiger partial charge in [-0.25, -0.2) is 9.78 Å². The van der Waals surface area contributed by atoms with E-state index in [1.165, 1.54) is 6.07 Å². The molecule has 0 aliphatic heterocycles. The standard InChI is InChI=1S/C19H27FN2O5/c1-3-5-11-26-17(23)10-8-15(19(25)27-12-6-4-2)22-18(24)14-7-9-16(20)21-13-14/h7,9,13,15H,3-6,8,10-12H2,1-2H3,(H,22,24)/t15-/m0/s1. The first kappa shape index (κ1) is 22.5. The Bertz CT molecular complexity index is 607. The SMILES string of the molecule is CCCCOC(=O)CC[C@H](NC(=O)c1ccc(F)nc1)C(=O)OCCCC. The van der Waals surface area contributed by atoms with Crippen molar-refractivity contribution in [1.82, 2.24) is 10.3 Å². The van der Waals surface area contributed by atoms with Gasteiger partial charge in [0.2, 0.25) is 5.95 Å². The average Bonchev–Trinajstić information content (AvgIpc) is 2.65. The summed E-state index contributed by atoms with van der Waals surface area (Å²) in [5.41, 5.74) is 0.105. The number of nitrogens with zero attached hydrogens (tertiary/aromatic N) is 1. The number of pyridine rings is 1. The summed E-state index contributed by atoms with van der Waals surface area (Å²) in [7, 11) is 0. The molecule has 1 rings (SSSR count). The van der Waals surface area contributed by atoms with E-state index in [-0.39, 0.29) is 25.0 Å². The van der Waals surface area contributed by atoms with Gasteiger partial charge in [0.25, 0.3) is 5.91 Å². The lowest BCUT2D eigenvalue weighted by Crippen LogP contribution is -2.42. The number of nitrogens with one attached hydrogen (secondary N) is 1. The molecule has 0 saturated heterocycles. The van der Waals surface area contributed by atoms with Crippen molar-refractivity contribution in [2.24, 2.45) is 0 Å². The fourth-order valence-corrected chi connectivity index (χ4v) is 2.08. The highest BCUT2D eigenvalue weighted by molar-refractivity contribution is 5.96. The molecule has 0 unspecified atom stereocenters. The summed E-state index contributed by atoms with van der Waals surface area (Å²) in [6.45, 7) is 4.51. The number of carbonyl (C=O) groups excluding carboxylic acids is 3. The maximum atomic E-state index is 12.9. The molecule has 1 atom stereocenters. The second-order valence-corrected chi connectivity index (χ2v) is 6.03. The van der Waals surface area contributed by atoms with E-state index in [4.69, 9.17) is 9.47 Å². The van der Waals surface area contributed by atoms with E-state index in [0.717, 1.165) is 31.5 Å². The van der Waals surface area contributed by atoms with Crippen molar-refractivity contribution < 1.29 is 28.2 Å². The molecule has 1 heterocycles. The number of esters is 2. The number of unbranched alkanes of at least 4 members (excludes halogenated alkanes) is 2. The zero-order valence-electron chi connectivity index (χ0n) is 15.8. The van der Waals surface area contributed by atoms with Crippen LogP contribution in [0.25, 0.3) is 0 Å². The Kier molecular flexibility index (Phi) is 10.7. The molecule has 1 N–H and O–H groups in total. The Balaban J connectivity index is 2.66. The third-order valence-corrected chi connectivity index (χ3v) is 3.72. The van der Waals surface area contributed by atoms with Gasteiger partial charge in [0, 0.05) is 12.6 Å². The molecule has 0 fully saturated rings. The largest absolute Gasteiger partial charge is 0.466 e. The molecule has 150 valence electrons. The van der Waals surface area contributed by atoms with Crippen LogP contribution in [0.3, 0.4) is 0 Å². The molecular formula is C19H27FN2O5. The summed E-state index contributed by atoms with van der Waals surface area (Å²) in [6, 6.07) is 1.31. The van der Waals surface area contributed by atoms with Crippen molar-refractivity contribution in [3.63, 3.8) is 0 Å². The Labute approximate surface area is 158 Å². The number of aromatic nitrogens is 1. The van der Waals surface area contributed by atoms with E-state index in [1.807, 2.05) is 13.8 Å². The molecule has 0 aliphatic rings. The van der Waals surface area contributed by atoms with Gasteiger partial charge in [-0.15, -0.1) is 0 Å². The van der Waals surface area contributed by atoms with Crippen LogP contribution in [-0.4, -0.2) is 42.1 Å². The van der Waals surface area contributed by atoms with Gasteiger partial charge >= 0.3 is 11.9 Å². The van der Waals surface area contributed by atoms with E-state index >= 15 is 0 Å². The number of rotatable bonds is 12. The Morgan fingerprint density at radius 3 is 2.37 bits per heavy atom. The third kappa shape index (κ3) is 9.12. The molecule has 1 aromatic heterocycles. The molecule has 1 aromatic rings. The van der Waals surface area contributed by atoms with Crippen LogP contribution in [-0.2, 0) is 19.1 Å². The van der Waals surface area contributed by atoms with Crippen LogP contribution in [0, 0.1) is 5.95 Å². The molecule has 0 aromatic carbocycles. The van der Waals surface area contributed by atoms with Crippen LogP contribution in [0.15, 0.2) is 18.3 Å². The van der Waals surface area contributed by atoms with Crippen LogP contribution in [0.4, 0.5) is 4.39 Å². The summed E-state index contributed by atoms with van der Waals surface area (Å²) in [5, 5.41) is 2.52. The van der Waals surface area contributed by atoms with Gasteiger partial charge in [-0.1, -0.05) is 26.7 Å². The lowest BCUT2D eigenvalue weighted by atomic mass is 10.1. The molecule has 7 nitrogen and oxygen atoms in total. The van der Waals surface area contributed by atoms with E-state index < -0.39 is 29.8 Å². The van der Waals surface area contributed by atoms with Crippen molar-refractivity contribution in [1.29, 1.82) is 0 Å². The Morgan fingerprint density at radius 1 is 1.11 bits per heavy atom. The van der Waals surface area contributed by atoms with Gasteiger partial charge in [0.15, 0.2) is 0 Å². The predicted octanol–water partition coefficient (Wildman–Crippen LogP) is 2.79. The molecule has 8 heteroatoms. The van der Waals surface area contributed by atoms with Crippen molar-refractivity contribution >= 4 is 17.8 Å². The third-order valence-electron chi connectivity index (χ3n) is 3.72. The topological polar surface area (TPSA) is 94.6 Å². The maximum Gasteiger partial charge on any atom is 0.328 e. The van der Waals surface area contributed by atoms with E-state index in [0.29, 0.717) is 13.0 Å². The molecule has 0 saturated carbocycles. The molecule has 0 aliphatic carbocycles. The van der Waals surface area contributed by atoms with Crippen molar-refractivity contribution in [2.75, 3.05) is 13.2 Å². The molecule has 0 bridgehead atoms. The number of ether oxygens (including phenoxy) is 2. The first-order valence-electron chi connectivity index (χ1n) is 9.22. The molecule has 0 radical (unpaired) electrons. The minimum atomic E-state index is -1.00. The summed E-state index contributed by atoms with van der Waals surface area (Å²) in [5.74, 6) is -2.36. The second kappa shape index (κ2) is 12.8. The normalized spacial score (nSPS) is 11.5. The van der Waals surface area contributed by atoms with Crippen LogP contribution in [0.2, 0.25) is 0 Å². The average molecular weight is 382 g/mol. The number of hydrogen-bond acceptors (Lipinski definition) is 6. The van der Waals surface area contributed by atoms with Gasteiger partial charge in [-0.2, -0.15) is 4.39 Å². The zero-order chi connectivity index (χ0) is 20.1. The quantitative estimate of drug-likeness (QED) is 0.339. The van der Waals surface area contributed by atoms with Crippen LogP contribution >= 0.6 is 0 Å². The highest BCUT2D eigenvalue weighted by Gasteiger charge is 2.24. The minimum absolute atomic E-state index is 0.0286. The Hall–Kier alpha value is -2.51. The number of amides is 1. The number of halogens is 1. The first-order chi connectivity index (χ1) is 13.0. The fourth-order valence-electron chi connectivity index (χ4n) is 2.08. The highest BCUT2D eigenvalue weighted by atomic mass is 19.1. The van der Waals surface area contributed by atoms with Gasteiger partial charge < -0.3 is 14.8 Å². The summed E-state index contributed by atoms with van der Waals surface area (Å²) >= 11 is 0. The molecule has 1 amide bonds. The fraction of sp³-hybridized carbons (Fsp3) is 0.579. The summed E-state index contributed by atoms with van der Waals surface area (Å²) < 4.78 is 23.1. The molecule has 27 heavy (non-hydrogen) atoms. The van der Waals surface area contributed by atoms with Crippen LogP contribution in [0.1, 0.15) is 62.7 Å². The van der Waals surface area contributed by atoms with E-state index in [2.05, 4.69) is 10.3 Å². The second-order valence-electron chi connectivity index (χ2n) is 6.03. The Morgan fingerprint density at radius 2 is 1.78 bits per heavy atom. The van der Waals surface area contributed by atoms with E-state index in [1.54, 1.807) is 0 Å². The van der Waals surface area contributed by atoms with Crippen molar-refractivity contribution in [2.45, 2.75) is 58.4 Å². The predicted molar refractivity (Wildman–Crippen MR) is 96.4 cm³/mol. The van der Waals surface area contributed by atoms with Gasteiger partial charge in [-0.3, -0.25) is 9.59 Å².